The first-order valence-corrected chi connectivity index (χ1v) is 7.96. The van der Waals surface area contributed by atoms with Crippen LogP contribution < -0.4 is 0 Å². The Bertz CT molecular complexity index is 756. The van der Waals surface area contributed by atoms with Crippen molar-refractivity contribution in [1.29, 1.82) is 0 Å². The molecule has 0 radical (unpaired) electrons. The van der Waals surface area contributed by atoms with Gasteiger partial charge in [0.1, 0.15) is 0 Å². The summed E-state index contributed by atoms with van der Waals surface area (Å²) in [5, 5.41) is 0. The van der Waals surface area contributed by atoms with Crippen LogP contribution in [0.15, 0.2) is 36.4 Å². The zero-order valence-electron chi connectivity index (χ0n) is 13.1. The van der Waals surface area contributed by atoms with E-state index in [0.717, 1.165) is 36.8 Å². The zero-order valence-corrected chi connectivity index (χ0v) is 13.1. The van der Waals surface area contributed by atoms with Gasteiger partial charge < -0.3 is 0 Å². The first-order chi connectivity index (χ1) is 10.6. The number of aryl methyl sites for hydroxylation is 1. The molecule has 0 bridgehead atoms. The van der Waals surface area contributed by atoms with Crippen LogP contribution >= 0.6 is 0 Å². The molecule has 0 aliphatic heterocycles. The Morgan fingerprint density at radius 2 is 1.50 bits per heavy atom. The van der Waals surface area contributed by atoms with Gasteiger partial charge in [-0.3, -0.25) is 9.59 Å². The van der Waals surface area contributed by atoms with Gasteiger partial charge in [-0.05, 0) is 30.9 Å². The molecule has 1 aliphatic rings. The second-order valence-electron chi connectivity index (χ2n) is 5.94. The minimum Gasteiger partial charge on any atom is -0.289 e. The molecule has 0 spiro atoms. The van der Waals surface area contributed by atoms with Crippen molar-refractivity contribution < 1.29 is 9.59 Å². The molecule has 2 aromatic rings. The number of benzene rings is 2. The molecule has 0 saturated heterocycles. The third-order valence-electron chi connectivity index (χ3n) is 4.47. The maximum absolute atomic E-state index is 12.9. The van der Waals surface area contributed by atoms with E-state index in [9.17, 15) is 9.59 Å². The Morgan fingerprint density at radius 1 is 0.818 bits per heavy atom. The van der Waals surface area contributed by atoms with Gasteiger partial charge in [0, 0.05) is 22.3 Å². The van der Waals surface area contributed by atoms with Crippen molar-refractivity contribution in [3.8, 4) is 0 Å². The molecule has 2 heteroatoms. The van der Waals surface area contributed by atoms with Crippen molar-refractivity contribution in [3.05, 3.63) is 69.8 Å². The normalized spacial score (nSPS) is 13.0. The molecule has 22 heavy (non-hydrogen) atoms. The lowest BCUT2D eigenvalue weighted by Gasteiger charge is -2.21. The molecule has 0 heterocycles. The Balaban J connectivity index is 2.14. The monoisotopic (exact) mass is 292 g/mol. The van der Waals surface area contributed by atoms with E-state index in [0.29, 0.717) is 22.3 Å². The maximum Gasteiger partial charge on any atom is 0.194 e. The molecule has 2 aromatic carbocycles. The highest BCUT2D eigenvalue weighted by molar-refractivity contribution is 6.28. The largest absolute Gasteiger partial charge is 0.289 e. The number of hydrogen-bond acceptors (Lipinski definition) is 2. The quantitative estimate of drug-likeness (QED) is 0.663. The highest BCUT2D eigenvalue weighted by Crippen LogP contribution is 2.31. The number of fused-ring (bicyclic) bond motifs is 2. The number of carbonyl (C=O) groups is 2. The standard InChI is InChI=1S/C20H20O2/c1-3-4-5-8-14-13(2)11-12-17-18(14)20(22)16-10-7-6-9-15(16)19(17)21/h6-7,9-12H,3-5,8H2,1-2H3. The van der Waals surface area contributed by atoms with Crippen LogP contribution in [0, 0.1) is 6.92 Å². The average molecular weight is 292 g/mol. The molecular formula is C20H20O2. The van der Waals surface area contributed by atoms with Gasteiger partial charge in [0.15, 0.2) is 11.6 Å². The molecule has 0 amide bonds. The van der Waals surface area contributed by atoms with E-state index in [4.69, 9.17) is 0 Å². The Kier molecular flexibility index (Phi) is 3.93. The van der Waals surface area contributed by atoms with Gasteiger partial charge in [0.05, 0.1) is 0 Å². The van der Waals surface area contributed by atoms with E-state index in [-0.39, 0.29) is 11.6 Å². The summed E-state index contributed by atoms with van der Waals surface area (Å²) in [6.45, 7) is 4.19. The maximum atomic E-state index is 12.9. The van der Waals surface area contributed by atoms with E-state index in [1.807, 2.05) is 31.2 Å². The SMILES string of the molecule is CCCCCc1c(C)ccc2c1C(=O)c1ccccc1C2=O. The van der Waals surface area contributed by atoms with Crippen molar-refractivity contribution in [1.82, 2.24) is 0 Å². The van der Waals surface area contributed by atoms with Gasteiger partial charge in [-0.2, -0.15) is 0 Å². The molecule has 112 valence electrons. The molecule has 1 aliphatic carbocycles. The van der Waals surface area contributed by atoms with Crippen molar-refractivity contribution in [3.63, 3.8) is 0 Å². The van der Waals surface area contributed by atoms with E-state index in [1.165, 1.54) is 0 Å². The molecule has 0 aromatic heterocycles. The van der Waals surface area contributed by atoms with Crippen molar-refractivity contribution in [2.24, 2.45) is 0 Å². The van der Waals surface area contributed by atoms with Crippen molar-refractivity contribution in [2.75, 3.05) is 0 Å². The lowest BCUT2D eigenvalue weighted by molar-refractivity contribution is 0.0978. The first kappa shape index (κ1) is 14.7. The second kappa shape index (κ2) is 5.88. The summed E-state index contributed by atoms with van der Waals surface area (Å²) in [4.78, 5) is 25.6. The molecule has 2 nitrogen and oxygen atoms in total. The summed E-state index contributed by atoms with van der Waals surface area (Å²) in [7, 11) is 0. The molecule has 0 atom stereocenters. The summed E-state index contributed by atoms with van der Waals surface area (Å²) in [5.41, 5.74) is 4.44. The highest BCUT2D eigenvalue weighted by atomic mass is 16.1. The lowest BCUT2D eigenvalue weighted by atomic mass is 9.79. The van der Waals surface area contributed by atoms with Crippen LogP contribution in [0.25, 0.3) is 0 Å². The fraction of sp³-hybridized carbons (Fsp3) is 0.300. The van der Waals surface area contributed by atoms with Gasteiger partial charge in [-0.15, -0.1) is 0 Å². The predicted octanol–water partition coefficient (Wildman–Crippen LogP) is 4.50. The smallest absolute Gasteiger partial charge is 0.194 e. The second-order valence-corrected chi connectivity index (χ2v) is 5.94. The third-order valence-corrected chi connectivity index (χ3v) is 4.47. The van der Waals surface area contributed by atoms with Gasteiger partial charge in [-0.25, -0.2) is 0 Å². The summed E-state index contributed by atoms with van der Waals surface area (Å²) in [6, 6.07) is 10.9. The van der Waals surface area contributed by atoms with E-state index in [2.05, 4.69) is 6.92 Å². The fourth-order valence-electron chi connectivity index (χ4n) is 3.23. The number of hydrogen-bond donors (Lipinski definition) is 0. The van der Waals surface area contributed by atoms with Crippen molar-refractivity contribution >= 4 is 11.6 Å². The number of carbonyl (C=O) groups excluding carboxylic acids is 2. The highest BCUT2D eigenvalue weighted by Gasteiger charge is 2.31. The molecule has 0 unspecified atom stereocenters. The number of ketones is 2. The fourth-order valence-corrected chi connectivity index (χ4v) is 3.23. The minimum atomic E-state index is -0.0260. The van der Waals surface area contributed by atoms with Crippen LogP contribution in [-0.4, -0.2) is 11.6 Å². The van der Waals surface area contributed by atoms with E-state index in [1.54, 1.807) is 12.1 Å². The van der Waals surface area contributed by atoms with E-state index >= 15 is 0 Å². The van der Waals surface area contributed by atoms with Crippen LogP contribution in [0.1, 0.15) is 69.2 Å². The first-order valence-electron chi connectivity index (χ1n) is 7.96. The number of rotatable bonds is 4. The minimum absolute atomic E-state index is 0.000369. The summed E-state index contributed by atoms with van der Waals surface area (Å²) in [5.74, 6) is -0.0256. The van der Waals surface area contributed by atoms with Crippen LogP contribution in [0.3, 0.4) is 0 Å². The topological polar surface area (TPSA) is 34.1 Å². The van der Waals surface area contributed by atoms with Crippen LogP contribution in [0.2, 0.25) is 0 Å². The summed E-state index contributed by atoms with van der Waals surface area (Å²) in [6.07, 6.45) is 4.20. The number of unbranched alkanes of at least 4 members (excludes halogenated alkanes) is 2. The van der Waals surface area contributed by atoms with Gasteiger partial charge in [-0.1, -0.05) is 56.2 Å². The molecule has 0 saturated carbocycles. The predicted molar refractivity (Wildman–Crippen MR) is 87.7 cm³/mol. The zero-order chi connectivity index (χ0) is 15.7. The third kappa shape index (κ3) is 2.29. The molecule has 3 rings (SSSR count). The van der Waals surface area contributed by atoms with Crippen LogP contribution in [-0.2, 0) is 6.42 Å². The summed E-state index contributed by atoms with van der Waals surface area (Å²) < 4.78 is 0. The van der Waals surface area contributed by atoms with Gasteiger partial charge >= 0.3 is 0 Å². The average Bonchev–Trinajstić information content (AvgIpc) is 2.54. The lowest BCUT2D eigenvalue weighted by Crippen LogP contribution is -2.23. The molecular weight excluding hydrogens is 272 g/mol. The van der Waals surface area contributed by atoms with Crippen LogP contribution in [0.5, 0.6) is 0 Å². The van der Waals surface area contributed by atoms with Gasteiger partial charge in [0.25, 0.3) is 0 Å². The Hall–Kier alpha value is -2.22. The van der Waals surface area contributed by atoms with Crippen LogP contribution in [0.4, 0.5) is 0 Å². The van der Waals surface area contributed by atoms with Crippen molar-refractivity contribution in [2.45, 2.75) is 39.5 Å². The molecule has 0 N–H and O–H groups in total. The Morgan fingerprint density at radius 3 is 2.18 bits per heavy atom. The molecule has 0 fully saturated rings. The van der Waals surface area contributed by atoms with E-state index < -0.39 is 0 Å². The van der Waals surface area contributed by atoms with Gasteiger partial charge in [0.2, 0.25) is 0 Å². The summed E-state index contributed by atoms with van der Waals surface area (Å²) >= 11 is 0. The Labute approximate surface area is 131 Å².